The number of nitrogens with zero attached hydrogens (tertiary/aromatic N) is 2. The summed E-state index contributed by atoms with van der Waals surface area (Å²) < 4.78 is 17.5. The Kier molecular flexibility index (Phi) is 5.82. The summed E-state index contributed by atoms with van der Waals surface area (Å²) in [5.41, 5.74) is 0.353. The van der Waals surface area contributed by atoms with E-state index in [9.17, 15) is 4.79 Å². The second-order valence-electron chi connectivity index (χ2n) is 8.83. The van der Waals surface area contributed by atoms with E-state index in [2.05, 4.69) is 18.8 Å². The zero-order valence-corrected chi connectivity index (χ0v) is 17.2. The van der Waals surface area contributed by atoms with Crippen LogP contribution in [0, 0.1) is 11.8 Å². The average molecular weight is 376 g/mol. The Morgan fingerprint density at radius 2 is 1.93 bits per heavy atom. The van der Waals surface area contributed by atoms with Gasteiger partial charge >= 0.3 is 6.09 Å². The number of rotatable bonds is 2. The number of fused-ring (bicyclic) bond motifs is 1. The van der Waals surface area contributed by atoms with Crippen molar-refractivity contribution in [3.63, 3.8) is 0 Å². The molecule has 0 N–H and O–H groups in total. The zero-order chi connectivity index (χ0) is 19.6. The Morgan fingerprint density at radius 3 is 2.59 bits per heavy atom. The molecule has 6 nitrogen and oxygen atoms in total. The molecule has 1 saturated carbocycles. The third-order valence-electron chi connectivity index (χ3n) is 5.22. The zero-order valence-electron chi connectivity index (χ0n) is 17.2. The molecule has 3 rings (SSSR count). The van der Waals surface area contributed by atoms with E-state index >= 15 is 0 Å². The van der Waals surface area contributed by atoms with Crippen LogP contribution in [0.2, 0.25) is 0 Å². The number of pyridine rings is 1. The third-order valence-corrected chi connectivity index (χ3v) is 5.22. The maximum Gasteiger partial charge on any atom is 0.410 e. The molecule has 2 aliphatic rings. The smallest absolute Gasteiger partial charge is 0.410 e. The molecule has 6 heteroatoms. The van der Waals surface area contributed by atoms with Crippen LogP contribution < -0.4 is 9.47 Å². The molecular formula is C21H32N2O4. The predicted octanol–water partition coefficient (Wildman–Crippen LogP) is 4.41. The highest BCUT2D eigenvalue weighted by atomic mass is 16.6. The van der Waals surface area contributed by atoms with Gasteiger partial charge in [0.2, 0.25) is 11.8 Å². The lowest BCUT2D eigenvalue weighted by atomic mass is 9.80. The summed E-state index contributed by atoms with van der Waals surface area (Å²) >= 11 is 0. The maximum atomic E-state index is 12.4. The lowest BCUT2D eigenvalue weighted by molar-refractivity contribution is 0.0225. The summed E-state index contributed by atoms with van der Waals surface area (Å²) in [7, 11) is 0. The van der Waals surface area contributed by atoms with Gasteiger partial charge in [0, 0.05) is 11.6 Å². The lowest BCUT2D eigenvalue weighted by Gasteiger charge is -2.34. The highest BCUT2D eigenvalue weighted by Gasteiger charge is 2.30. The molecule has 1 aliphatic heterocycles. The highest BCUT2D eigenvalue weighted by Crippen LogP contribution is 2.33. The molecule has 1 aromatic heterocycles. The fraction of sp³-hybridized carbons (Fsp3) is 0.714. The standard InChI is InChI=1S/C21H32N2O4/c1-14-7-6-8-15(2)18(14)26-17-10-9-16-13-23(11-12-25-19(16)22-17)20(24)27-21(3,4)5/h9-10,14-15,18H,6-8,11-13H2,1-5H3. The number of hydrogen-bond acceptors (Lipinski definition) is 5. The van der Waals surface area contributed by atoms with Gasteiger partial charge < -0.3 is 19.1 Å². The highest BCUT2D eigenvalue weighted by molar-refractivity contribution is 5.68. The van der Waals surface area contributed by atoms with Gasteiger partial charge in [-0.05, 0) is 51.5 Å². The second kappa shape index (κ2) is 7.95. The van der Waals surface area contributed by atoms with E-state index in [1.54, 1.807) is 4.90 Å². The first-order chi connectivity index (χ1) is 12.7. The molecule has 0 spiro atoms. The Hall–Kier alpha value is -1.98. The number of amides is 1. The van der Waals surface area contributed by atoms with Crippen LogP contribution in [-0.2, 0) is 11.3 Å². The van der Waals surface area contributed by atoms with Gasteiger partial charge in [0.15, 0.2) is 0 Å². The quantitative estimate of drug-likeness (QED) is 0.765. The average Bonchev–Trinajstić information content (AvgIpc) is 2.79. The molecule has 27 heavy (non-hydrogen) atoms. The number of carbonyl (C=O) groups is 1. The minimum absolute atomic E-state index is 0.188. The van der Waals surface area contributed by atoms with E-state index < -0.39 is 5.60 Å². The Balaban J connectivity index is 1.70. The predicted molar refractivity (Wildman–Crippen MR) is 103 cm³/mol. The summed E-state index contributed by atoms with van der Waals surface area (Å²) in [5.74, 6) is 2.20. The molecule has 2 heterocycles. The number of ether oxygens (including phenoxy) is 3. The van der Waals surface area contributed by atoms with Crippen molar-refractivity contribution in [2.24, 2.45) is 11.8 Å². The first-order valence-corrected chi connectivity index (χ1v) is 10.0. The molecule has 1 amide bonds. The SMILES string of the molecule is CC1CCCC(C)C1Oc1ccc2c(n1)OCCN(C(=O)OC(C)(C)C)C2. The molecule has 0 bridgehead atoms. The van der Waals surface area contributed by atoms with Gasteiger partial charge in [0.1, 0.15) is 18.3 Å². The number of hydrogen-bond donors (Lipinski definition) is 0. The van der Waals surface area contributed by atoms with Crippen LogP contribution in [0.25, 0.3) is 0 Å². The van der Waals surface area contributed by atoms with Crippen molar-refractivity contribution in [2.75, 3.05) is 13.2 Å². The molecule has 1 fully saturated rings. The fourth-order valence-corrected chi connectivity index (χ4v) is 3.81. The van der Waals surface area contributed by atoms with Crippen molar-refractivity contribution < 1.29 is 19.0 Å². The van der Waals surface area contributed by atoms with Crippen LogP contribution in [0.3, 0.4) is 0 Å². The van der Waals surface area contributed by atoms with Gasteiger partial charge in [0.05, 0.1) is 13.1 Å². The first kappa shape index (κ1) is 19.8. The van der Waals surface area contributed by atoms with Crippen LogP contribution in [0.1, 0.15) is 59.4 Å². The van der Waals surface area contributed by atoms with Crippen LogP contribution >= 0.6 is 0 Å². The van der Waals surface area contributed by atoms with Gasteiger partial charge in [-0.15, -0.1) is 0 Å². The molecule has 0 radical (unpaired) electrons. The maximum absolute atomic E-state index is 12.4. The van der Waals surface area contributed by atoms with Gasteiger partial charge in [-0.1, -0.05) is 20.3 Å². The molecule has 0 aromatic carbocycles. The lowest BCUT2D eigenvalue weighted by Crippen LogP contribution is -2.37. The third kappa shape index (κ3) is 5.05. The molecule has 2 unspecified atom stereocenters. The van der Waals surface area contributed by atoms with E-state index in [-0.39, 0.29) is 12.2 Å². The summed E-state index contributed by atoms with van der Waals surface area (Å²) in [6.45, 7) is 11.4. The second-order valence-corrected chi connectivity index (χ2v) is 8.83. The van der Waals surface area contributed by atoms with Crippen molar-refractivity contribution in [3.8, 4) is 11.8 Å². The molecular weight excluding hydrogens is 344 g/mol. The van der Waals surface area contributed by atoms with Gasteiger partial charge in [0.25, 0.3) is 0 Å². The summed E-state index contributed by atoms with van der Waals surface area (Å²) in [4.78, 5) is 18.6. The van der Waals surface area contributed by atoms with E-state index in [4.69, 9.17) is 14.2 Å². The van der Waals surface area contributed by atoms with E-state index in [0.29, 0.717) is 43.3 Å². The Labute approximate surface area is 162 Å². The molecule has 1 aromatic rings. The summed E-state index contributed by atoms with van der Waals surface area (Å²) in [6.07, 6.45) is 3.52. The van der Waals surface area contributed by atoms with E-state index in [1.165, 1.54) is 19.3 Å². The Morgan fingerprint density at radius 1 is 1.22 bits per heavy atom. The van der Waals surface area contributed by atoms with Crippen LogP contribution in [0.4, 0.5) is 4.79 Å². The van der Waals surface area contributed by atoms with Crippen molar-refractivity contribution in [2.45, 2.75) is 72.1 Å². The normalized spacial score (nSPS) is 25.8. The summed E-state index contributed by atoms with van der Waals surface area (Å²) in [5, 5.41) is 0. The molecule has 1 aliphatic carbocycles. The number of carbonyl (C=O) groups excluding carboxylic acids is 1. The van der Waals surface area contributed by atoms with Gasteiger partial charge in [-0.3, -0.25) is 0 Å². The topological polar surface area (TPSA) is 60.9 Å². The summed E-state index contributed by atoms with van der Waals surface area (Å²) in [6, 6.07) is 3.83. The Bertz CT molecular complexity index is 661. The minimum Gasteiger partial charge on any atom is -0.475 e. The molecule has 150 valence electrons. The monoisotopic (exact) mass is 376 g/mol. The molecule has 0 saturated heterocycles. The van der Waals surface area contributed by atoms with E-state index in [0.717, 1.165) is 5.56 Å². The van der Waals surface area contributed by atoms with E-state index in [1.807, 2.05) is 32.9 Å². The first-order valence-electron chi connectivity index (χ1n) is 10.0. The number of aromatic nitrogens is 1. The van der Waals surface area contributed by atoms with Gasteiger partial charge in [-0.2, -0.15) is 4.98 Å². The van der Waals surface area contributed by atoms with Crippen molar-refractivity contribution in [1.82, 2.24) is 9.88 Å². The fourth-order valence-electron chi connectivity index (χ4n) is 3.81. The largest absolute Gasteiger partial charge is 0.475 e. The van der Waals surface area contributed by atoms with Crippen molar-refractivity contribution in [3.05, 3.63) is 17.7 Å². The van der Waals surface area contributed by atoms with Crippen LogP contribution in [-0.4, -0.2) is 40.8 Å². The molecule has 2 atom stereocenters. The van der Waals surface area contributed by atoms with Crippen LogP contribution in [0.5, 0.6) is 11.8 Å². The van der Waals surface area contributed by atoms with Crippen LogP contribution in [0.15, 0.2) is 12.1 Å². The van der Waals surface area contributed by atoms with Crippen molar-refractivity contribution in [1.29, 1.82) is 0 Å². The van der Waals surface area contributed by atoms with Gasteiger partial charge in [-0.25, -0.2) is 4.79 Å². The minimum atomic E-state index is -0.517. The van der Waals surface area contributed by atoms with Crippen molar-refractivity contribution >= 4 is 6.09 Å².